The molecular formula is C14H19NO3. The molecule has 0 aliphatic heterocycles. The first-order valence-corrected chi connectivity index (χ1v) is 5.99. The Morgan fingerprint density at radius 1 is 1.67 bits per heavy atom. The summed E-state index contributed by atoms with van der Waals surface area (Å²) in [6, 6.07) is 0. The van der Waals surface area contributed by atoms with Gasteiger partial charge in [-0.2, -0.15) is 0 Å². The number of allylic oxidation sites excluding steroid dienone is 2. The molecule has 0 radical (unpaired) electrons. The highest BCUT2D eigenvalue weighted by Gasteiger charge is 2.20. The van der Waals surface area contributed by atoms with Crippen LogP contribution in [-0.4, -0.2) is 41.9 Å². The smallest absolute Gasteiger partial charge is 0.254 e. The van der Waals surface area contributed by atoms with Crippen LogP contribution in [0.3, 0.4) is 0 Å². The first kappa shape index (κ1) is 14.4. The summed E-state index contributed by atoms with van der Waals surface area (Å²) in [5.74, 6) is -0.226. The number of aldehydes is 1. The Labute approximate surface area is 107 Å². The van der Waals surface area contributed by atoms with Crippen molar-refractivity contribution in [2.75, 3.05) is 13.6 Å². The lowest BCUT2D eigenvalue weighted by molar-refractivity contribution is -0.127. The predicted molar refractivity (Wildman–Crippen MR) is 69.9 cm³/mol. The normalized spacial score (nSPS) is 16.3. The molecule has 0 aromatic heterocycles. The summed E-state index contributed by atoms with van der Waals surface area (Å²) < 4.78 is 0. The number of carbonyl (C=O) groups is 2. The summed E-state index contributed by atoms with van der Waals surface area (Å²) in [4.78, 5) is 24.5. The highest BCUT2D eigenvalue weighted by Crippen LogP contribution is 2.19. The summed E-state index contributed by atoms with van der Waals surface area (Å²) in [7, 11) is 1.62. The van der Waals surface area contributed by atoms with E-state index in [0.717, 1.165) is 12.7 Å². The minimum absolute atomic E-state index is 0.226. The molecular weight excluding hydrogens is 230 g/mol. The molecule has 1 amide bonds. The highest BCUT2D eigenvalue weighted by atomic mass is 16.3. The molecule has 0 saturated carbocycles. The zero-order valence-electron chi connectivity index (χ0n) is 10.6. The first-order chi connectivity index (χ1) is 8.60. The molecule has 98 valence electrons. The number of aliphatic hydroxyl groups is 1. The van der Waals surface area contributed by atoms with Gasteiger partial charge in [-0.3, -0.25) is 9.59 Å². The molecule has 4 nitrogen and oxygen atoms in total. The number of hydrogen-bond donors (Lipinski definition) is 1. The van der Waals surface area contributed by atoms with E-state index in [-0.39, 0.29) is 12.5 Å². The third kappa shape index (κ3) is 3.67. The van der Waals surface area contributed by atoms with E-state index < -0.39 is 6.10 Å². The van der Waals surface area contributed by atoms with Crippen LogP contribution in [0.15, 0.2) is 36.0 Å². The molecule has 0 aromatic rings. The largest absolute Gasteiger partial charge is 0.391 e. The van der Waals surface area contributed by atoms with Crippen LogP contribution >= 0.6 is 0 Å². The van der Waals surface area contributed by atoms with Crippen LogP contribution in [0.1, 0.15) is 19.3 Å². The minimum atomic E-state index is -0.621. The molecule has 0 heterocycles. The van der Waals surface area contributed by atoms with Gasteiger partial charge in [0.15, 0.2) is 0 Å². The van der Waals surface area contributed by atoms with Crippen LogP contribution in [0.25, 0.3) is 0 Å². The van der Waals surface area contributed by atoms with Gasteiger partial charge < -0.3 is 10.0 Å². The summed E-state index contributed by atoms with van der Waals surface area (Å²) in [5, 5.41) is 9.62. The number of rotatable bonds is 6. The number of hydrogen-bond acceptors (Lipinski definition) is 3. The fraction of sp³-hybridized carbons (Fsp3) is 0.429. The summed E-state index contributed by atoms with van der Waals surface area (Å²) >= 11 is 0. The van der Waals surface area contributed by atoms with Crippen LogP contribution in [0.4, 0.5) is 0 Å². The molecule has 1 unspecified atom stereocenters. The molecule has 1 aliphatic rings. The maximum Gasteiger partial charge on any atom is 0.254 e. The lowest BCUT2D eigenvalue weighted by Gasteiger charge is -2.22. The van der Waals surface area contributed by atoms with E-state index in [9.17, 15) is 14.7 Å². The Balaban J connectivity index is 2.74. The summed E-state index contributed by atoms with van der Waals surface area (Å²) in [6.07, 6.45) is 7.12. The molecule has 0 saturated heterocycles. The SMILES string of the molecule is C=CCC(O)CN(C)C(=O)C1=C(C=O)CCC=C1. The van der Waals surface area contributed by atoms with Crippen molar-refractivity contribution in [1.29, 1.82) is 0 Å². The lowest BCUT2D eigenvalue weighted by atomic mass is 9.97. The van der Waals surface area contributed by atoms with Crippen molar-refractivity contribution in [3.8, 4) is 0 Å². The summed E-state index contributed by atoms with van der Waals surface area (Å²) in [5.41, 5.74) is 0.970. The molecule has 0 bridgehead atoms. The average Bonchev–Trinajstić information content (AvgIpc) is 2.38. The highest BCUT2D eigenvalue weighted by molar-refractivity contribution is 6.01. The van der Waals surface area contributed by atoms with Gasteiger partial charge in [-0.15, -0.1) is 6.58 Å². The molecule has 1 rings (SSSR count). The number of aliphatic hydroxyl groups excluding tert-OH is 1. The van der Waals surface area contributed by atoms with E-state index >= 15 is 0 Å². The van der Waals surface area contributed by atoms with Gasteiger partial charge in [0.05, 0.1) is 6.10 Å². The Hall–Kier alpha value is -1.68. The van der Waals surface area contributed by atoms with E-state index in [4.69, 9.17) is 0 Å². The first-order valence-electron chi connectivity index (χ1n) is 5.99. The molecule has 4 heteroatoms. The van der Waals surface area contributed by atoms with Crippen molar-refractivity contribution in [1.82, 2.24) is 4.90 Å². The van der Waals surface area contributed by atoms with Crippen molar-refractivity contribution >= 4 is 12.2 Å². The Bertz CT molecular complexity index is 396. The van der Waals surface area contributed by atoms with Crippen molar-refractivity contribution in [2.45, 2.75) is 25.4 Å². The molecule has 0 fully saturated rings. The van der Waals surface area contributed by atoms with E-state index in [1.165, 1.54) is 4.90 Å². The predicted octanol–water partition coefficient (Wildman–Crippen LogP) is 1.23. The second-order valence-electron chi connectivity index (χ2n) is 4.36. The van der Waals surface area contributed by atoms with Gasteiger partial charge in [0.1, 0.15) is 6.29 Å². The third-order valence-corrected chi connectivity index (χ3v) is 2.85. The fourth-order valence-corrected chi connectivity index (χ4v) is 1.88. The molecule has 0 spiro atoms. The Morgan fingerprint density at radius 2 is 2.39 bits per heavy atom. The number of nitrogens with zero attached hydrogens (tertiary/aromatic N) is 1. The van der Waals surface area contributed by atoms with Gasteiger partial charge in [0, 0.05) is 24.7 Å². The van der Waals surface area contributed by atoms with E-state index in [0.29, 0.717) is 24.0 Å². The zero-order valence-corrected chi connectivity index (χ0v) is 10.6. The monoisotopic (exact) mass is 249 g/mol. The van der Waals surface area contributed by atoms with Gasteiger partial charge in [-0.1, -0.05) is 18.2 Å². The Morgan fingerprint density at radius 3 is 3.00 bits per heavy atom. The number of likely N-dealkylation sites (N-methyl/N-ethyl adjacent to an activating group) is 1. The summed E-state index contributed by atoms with van der Waals surface area (Å²) in [6.45, 7) is 3.77. The third-order valence-electron chi connectivity index (χ3n) is 2.85. The van der Waals surface area contributed by atoms with Gasteiger partial charge in [-0.25, -0.2) is 0 Å². The molecule has 1 atom stereocenters. The van der Waals surface area contributed by atoms with Crippen molar-refractivity contribution in [3.05, 3.63) is 36.0 Å². The zero-order chi connectivity index (χ0) is 13.5. The topological polar surface area (TPSA) is 57.6 Å². The fourth-order valence-electron chi connectivity index (χ4n) is 1.88. The second kappa shape index (κ2) is 6.91. The maximum absolute atomic E-state index is 12.1. The number of carbonyl (C=O) groups excluding carboxylic acids is 2. The van der Waals surface area contributed by atoms with Crippen LogP contribution in [-0.2, 0) is 9.59 Å². The standard InChI is InChI=1S/C14H19NO3/c1-3-6-12(17)9-15(2)14(18)13-8-5-4-7-11(13)10-16/h3,5,8,10,12,17H,1,4,6-7,9H2,2H3. The molecule has 18 heavy (non-hydrogen) atoms. The average molecular weight is 249 g/mol. The molecule has 1 aliphatic carbocycles. The maximum atomic E-state index is 12.1. The van der Waals surface area contributed by atoms with Crippen molar-refractivity contribution in [3.63, 3.8) is 0 Å². The van der Waals surface area contributed by atoms with Gasteiger partial charge in [0.25, 0.3) is 5.91 Å². The van der Waals surface area contributed by atoms with Crippen LogP contribution < -0.4 is 0 Å². The van der Waals surface area contributed by atoms with Crippen molar-refractivity contribution in [2.24, 2.45) is 0 Å². The quantitative estimate of drug-likeness (QED) is 0.569. The second-order valence-corrected chi connectivity index (χ2v) is 4.36. The van der Waals surface area contributed by atoms with E-state index in [2.05, 4.69) is 6.58 Å². The lowest BCUT2D eigenvalue weighted by Crippen LogP contribution is -2.35. The van der Waals surface area contributed by atoms with E-state index in [1.54, 1.807) is 19.2 Å². The van der Waals surface area contributed by atoms with Gasteiger partial charge >= 0.3 is 0 Å². The number of amides is 1. The molecule has 0 aromatic carbocycles. The Kier molecular flexibility index (Phi) is 5.52. The van der Waals surface area contributed by atoms with Gasteiger partial charge in [-0.05, 0) is 19.3 Å². The molecule has 1 N–H and O–H groups in total. The van der Waals surface area contributed by atoms with Crippen molar-refractivity contribution < 1.29 is 14.7 Å². The minimum Gasteiger partial charge on any atom is -0.391 e. The van der Waals surface area contributed by atoms with Crippen LogP contribution in [0.5, 0.6) is 0 Å². The van der Waals surface area contributed by atoms with Gasteiger partial charge in [0.2, 0.25) is 0 Å². The van der Waals surface area contributed by atoms with E-state index in [1.807, 2.05) is 6.08 Å². The van der Waals surface area contributed by atoms with Crippen LogP contribution in [0.2, 0.25) is 0 Å². The van der Waals surface area contributed by atoms with Crippen LogP contribution in [0, 0.1) is 0 Å².